The summed E-state index contributed by atoms with van der Waals surface area (Å²) < 4.78 is 4.63. The second kappa shape index (κ2) is 5.05. The second-order valence-corrected chi connectivity index (χ2v) is 4.57. The van der Waals surface area contributed by atoms with Gasteiger partial charge in [-0.15, -0.1) is 11.3 Å². The molecule has 0 fully saturated rings. The Bertz CT molecular complexity index is 580. The van der Waals surface area contributed by atoms with Crippen molar-refractivity contribution in [3.8, 4) is 0 Å². The van der Waals surface area contributed by atoms with Gasteiger partial charge >= 0.3 is 5.97 Å². The Morgan fingerprint density at radius 1 is 1.50 bits per heavy atom. The van der Waals surface area contributed by atoms with E-state index in [9.17, 15) is 4.79 Å². The van der Waals surface area contributed by atoms with Gasteiger partial charge in [0.15, 0.2) is 5.13 Å². The summed E-state index contributed by atoms with van der Waals surface area (Å²) in [5.41, 5.74) is 8.45. The molecule has 0 unspecified atom stereocenters. The fourth-order valence-electron chi connectivity index (χ4n) is 1.45. The van der Waals surface area contributed by atoms with Gasteiger partial charge < -0.3 is 15.8 Å². The first-order chi connectivity index (χ1) is 8.60. The molecule has 0 aliphatic heterocycles. The lowest BCUT2D eigenvalue weighted by Gasteiger charge is -2.08. The summed E-state index contributed by atoms with van der Waals surface area (Å²) in [6.07, 6.45) is 0. The fraction of sp³-hybridized carbons (Fsp3) is 0.167. The lowest BCUT2D eigenvalue weighted by Crippen LogP contribution is -2.03. The second-order valence-electron chi connectivity index (χ2n) is 3.71. The van der Waals surface area contributed by atoms with Crippen molar-refractivity contribution in [1.82, 2.24) is 4.98 Å². The van der Waals surface area contributed by atoms with Crippen molar-refractivity contribution >= 4 is 33.8 Å². The predicted octanol–water partition coefficient (Wildman–Crippen LogP) is 2.56. The molecular formula is C12H13N3O2S. The largest absolute Gasteiger partial charge is 0.465 e. The van der Waals surface area contributed by atoms with E-state index in [4.69, 9.17) is 5.73 Å². The molecule has 94 valence electrons. The number of methoxy groups -OCH3 is 1. The third-order valence-corrected chi connectivity index (χ3v) is 3.21. The molecule has 0 saturated heterocycles. The number of ether oxygens (including phenoxy) is 1. The summed E-state index contributed by atoms with van der Waals surface area (Å²) in [6.45, 7) is 1.92. The van der Waals surface area contributed by atoms with E-state index < -0.39 is 5.97 Å². The summed E-state index contributed by atoms with van der Waals surface area (Å²) in [4.78, 5) is 15.6. The third kappa shape index (κ3) is 2.60. The first-order valence-electron chi connectivity index (χ1n) is 5.27. The third-order valence-electron chi connectivity index (χ3n) is 2.33. The molecule has 1 heterocycles. The molecule has 0 bridgehead atoms. The van der Waals surface area contributed by atoms with Gasteiger partial charge in [0.1, 0.15) is 0 Å². The number of aryl methyl sites for hydroxylation is 1. The molecule has 5 nitrogen and oxygen atoms in total. The Morgan fingerprint density at radius 3 is 2.83 bits per heavy atom. The van der Waals surface area contributed by atoms with E-state index in [0.29, 0.717) is 11.3 Å². The number of hydrogen-bond acceptors (Lipinski definition) is 6. The van der Waals surface area contributed by atoms with Crippen molar-refractivity contribution in [3.05, 3.63) is 34.8 Å². The molecular weight excluding hydrogens is 250 g/mol. The van der Waals surface area contributed by atoms with Gasteiger partial charge in [-0.3, -0.25) is 0 Å². The van der Waals surface area contributed by atoms with E-state index in [1.807, 2.05) is 12.3 Å². The maximum atomic E-state index is 11.3. The Labute approximate surface area is 109 Å². The summed E-state index contributed by atoms with van der Waals surface area (Å²) in [5, 5.41) is 5.82. The molecule has 0 spiro atoms. The topological polar surface area (TPSA) is 77.2 Å². The monoisotopic (exact) mass is 263 g/mol. The zero-order valence-electron chi connectivity index (χ0n) is 10.1. The Balaban J connectivity index is 2.22. The average molecular weight is 263 g/mol. The lowest BCUT2D eigenvalue weighted by atomic mass is 10.2. The van der Waals surface area contributed by atoms with Crippen LogP contribution >= 0.6 is 11.3 Å². The van der Waals surface area contributed by atoms with Gasteiger partial charge in [0, 0.05) is 5.38 Å². The standard InChI is InChI=1S/C12H13N3O2S/c1-7-6-18-12(14-7)15-10-4-3-8(5-9(10)13)11(16)17-2/h3-6H,13H2,1-2H3,(H,14,15). The number of nitrogens with one attached hydrogen (secondary N) is 1. The highest BCUT2D eigenvalue weighted by molar-refractivity contribution is 7.13. The van der Waals surface area contributed by atoms with Crippen molar-refractivity contribution in [2.24, 2.45) is 0 Å². The average Bonchev–Trinajstić information content (AvgIpc) is 2.76. The highest BCUT2D eigenvalue weighted by Crippen LogP contribution is 2.26. The normalized spacial score (nSPS) is 10.1. The zero-order valence-corrected chi connectivity index (χ0v) is 10.9. The molecule has 1 aromatic heterocycles. The Kier molecular flexibility index (Phi) is 3.47. The van der Waals surface area contributed by atoms with E-state index in [-0.39, 0.29) is 0 Å². The van der Waals surface area contributed by atoms with Gasteiger partial charge in [0.05, 0.1) is 29.7 Å². The number of nitrogen functional groups attached to an aromatic ring is 1. The van der Waals surface area contributed by atoms with E-state index in [1.54, 1.807) is 18.2 Å². The molecule has 0 atom stereocenters. The minimum Gasteiger partial charge on any atom is -0.465 e. The van der Waals surface area contributed by atoms with Gasteiger partial charge in [-0.2, -0.15) is 0 Å². The van der Waals surface area contributed by atoms with Crippen LogP contribution in [-0.4, -0.2) is 18.1 Å². The van der Waals surface area contributed by atoms with E-state index in [1.165, 1.54) is 18.4 Å². The maximum absolute atomic E-state index is 11.3. The maximum Gasteiger partial charge on any atom is 0.337 e. The Hall–Kier alpha value is -2.08. The molecule has 0 radical (unpaired) electrons. The van der Waals surface area contributed by atoms with E-state index >= 15 is 0 Å². The summed E-state index contributed by atoms with van der Waals surface area (Å²) >= 11 is 1.50. The van der Waals surface area contributed by atoms with E-state index in [0.717, 1.165) is 16.5 Å². The highest BCUT2D eigenvalue weighted by Gasteiger charge is 2.09. The number of benzene rings is 1. The molecule has 3 N–H and O–H groups in total. The van der Waals surface area contributed by atoms with Gasteiger partial charge in [-0.25, -0.2) is 9.78 Å². The number of aromatic nitrogens is 1. The predicted molar refractivity (Wildman–Crippen MR) is 72.3 cm³/mol. The van der Waals surface area contributed by atoms with Crippen LogP contribution < -0.4 is 11.1 Å². The van der Waals surface area contributed by atoms with Crippen LogP contribution in [-0.2, 0) is 4.74 Å². The minimum absolute atomic E-state index is 0.404. The van der Waals surface area contributed by atoms with Crippen LogP contribution in [0.25, 0.3) is 0 Å². The molecule has 6 heteroatoms. The molecule has 0 amide bonds. The highest BCUT2D eigenvalue weighted by atomic mass is 32.1. The van der Waals surface area contributed by atoms with E-state index in [2.05, 4.69) is 15.0 Å². The van der Waals surface area contributed by atoms with Crippen molar-refractivity contribution in [2.75, 3.05) is 18.2 Å². The molecule has 18 heavy (non-hydrogen) atoms. The van der Waals surface area contributed by atoms with Crippen molar-refractivity contribution in [1.29, 1.82) is 0 Å². The quantitative estimate of drug-likeness (QED) is 0.657. The van der Waals surface area contributed by atoms with Gasteiger partial charge in [0.2, 0.25) is 0 Å². The van der Waals surface area contributed by atoms with Crippen LogP contribution in [0.5, 0.6) is 0 Å². The van der Waals surface area contributed by atoms with Crippen LogP contribution in [0.15, 0.2) is 23.6 Å². The first kappa shape index (κ1) is 12.4. The van der Waals surface area contributed by atoms with Crippen LogP contribution in [0.3, 0.4) is 0 Å². The smallest absolute Gasteiger partial charge is 0.337 e. The lowest BCUT2D eigenvalue weighted by molar-refractivity contribution is 0.0601. The Morgan fingerprint density at radius 2 is 2.28 bits per heavy atom. The summed E-state index contributed by atoms with van der Waals surface area (Å²) in [5.74, 6) is -0.404. The SMILES string of the molecule is COC(=O)c1ccc(Nc2nc(C)cs2)c(N)c1. The van der Waals surface area contributed by atoms with Gasteiger partial charge in [-0.1, -0.05) is 0 Å². The number of rotatable bonds is 3. The van der Waals surface area contributed by atoms with Crippen LogP contribution in [0.4, 0.5) is 16.5 Å². The van der Waals surface area contributed by atoms with Crippen molar-refractivity contribution in [3.63, 3.8) is 0 Å². The first-order valence-corrected chi connectivity index (χ1v) is 6.15. The number of carbonyl (C=O) groups is 1. The van der Waals surface area contributed by atoms with Crippen LogP contribution in [0.1, 0.15) is 16.1 Å². The van der Waals surface area contributed by atoms with Crippen LogP contribution in [0, 0.1) is 6.92 Å². The molecule has 2 rings (SSSR count). The van der Waals surface area contributed by atoms with Crippen molar-refractivity contribution in [2.45, 2.75) is 6.92 Å². The number of carbonyl (C=O) groups excluding carboxylic acids is 1. The minimum atomic E-state index is -0.404. The molecule has 1 aromatic carbocycles. The zero-order chi connectivity index (χ0) is 13.1. The number of nitrogens with zero attached hydrogens (tertiary/aromatic N) is 1. The van der Waals surface area contributed by atoms with Crippen molar-refractivity contribution < 1.29 is 9.53 Å². The van der Waals surface area contributed by atoms with Gasteiger partial charge in [-0.05, 0) is 25.1 Å². The molecule has 2 aromatic rings. The molecule has 0 aliphatic rings. The molecule has 0 aliphatic carbocycles. The summed E-state index contributed by atoms with van der Waals surface area (Å²) in [6, 6.07) is 4.97. The number of hydrogen-bond donors (Lipinski definition) is 2. The summed E-state index contributed by atoms with van der Waals surface area (Å²) in [7, 11) is 1.34. The number of esters is 1. The number of nitrogens with two attached hydrogens (primary N) is 1. The number of anilines is 3. The number of thiazole rings is 1. The molecule has 0 saturated carbocycles. The fourth-order valence-corrected chi connectivity index (χ4v) is 2.15. The van der Waals surface area contributed by atoms with Gasteiger partial charge in [0.25, 0.3) is 0 Å². The van der Waals surface area contributed by atoms with Crippen LogP contribution in [0.2, 0.25) is 0 Å².